The van der Waals surface area contributed by atoms with Crippen LogP contribution < -0.4 is 0 Å². The molecular formula is C15H24OSSi. The molecule has 0 heterocycles. The summed E-state index contributed by atoms with van der Waals surface area (Å²) in [5, 5.41) is 1.06. The smallest absolute Gasteiger partial charge is 0.242 e. The second-order valence-corrected chi connectivity index (χ2v) is 11.3. The SMILES string of the molecule is CC(C)C/C=C(/O[Si](C)(C)C)Sc1ccccc1. The van der Waals surface area contributed by atoms with Crippen LogP contribution in [-0.4, -0.2) is 8.32 Å². The standard InChI is InChI=1S/C15H24OSSi/c1-13(2)11-12-15(16-18(3,4)5)17-14-9-7-6-8-10-14/h6-10,12-13H,11H2,1-5H3/b15-12-. The zero-order chi connectivity index (χ0) is 13.6. The van der Waals surface area contributed by atoms with E-state index in [-0.39, 0.29) is 0 Å². The lowest BCUT2D eigenvalue weighted by Gasteiger charge is -2.21. The van der Waals surface area contributed by atoms with Crippen molar-refractivity contribution < 1.29 is 4.43 Å². The summed E-state index contributed by atoms with van der Waals surface area (Å²) in [6.07, 6.45) is 3.31. The molecule has 0 amide bonds. The topological polar surface area (TPSA) is 9.23 Å². The van der Waals surface area contributed by atoms with Crippen molar-refractivity contribution in [3.8, 4) is 0 Å². The van der Waals surface area contributed by atoms with Crippen LogP contribution in [0.5, 0.6) is 0 Å². The molecule has 0 bridgehead atoms. The molecule has 1 aromatic carbocycles. The van der Waals surface area contributed by atoms with Gasteiger partial charge >= 0.3 is 0 Å². The molecule has 0 aromatic heterocycles. The Balaban J connectivity index is 2.75. The van der Waals surface area contributed by atoms with Crippen LogP contribution in [0.3, 0.4) is 0 Å². The number of allylic oxidation sites excluding steroid dienone is 1. The molecule has 1 rings (SSSR count). The van der Waals surface area contributed by atoms with Crippen LogP contribution in [-0.2, 0) is 4.43 Å². The second-order valence-electron chi connectivity index (χ2n) is 5.78. The van der Waals surface area contributed by atoms with Crippen molar-refractivity contribution in [2.45, 2.75) is 44.8 Å². The fraction of sp³-hybridized carbons (Fsp3) is 0.467. The van der Waals surface area contributed by atoms with Gasteiger partial charge in [0.15, 0.2) is 0 Å². The molecule has 0 unspecified atom stereocenters. The van der Waals surface area contributed by atoms with Gasteiger partial charge in [0.1, 0.15) is 5.09 Å². The number of rotatable bonds is 6. The second kappa shape index (κ2) is 7.05. The van der Waals surface area contributed by atoms with Gasteiger partial charge in [-0.1, -0.05) is 43.8 Å². The molecule has 3 heteroatoms. The van der Waals surface area contributed by atoms with E-state index in [1.165, 1.54) is 4.90 Å². The van der Waals surface area contributed by atoms with E-state index in [9.17, 15) is 0 Å². The van der Waals surface area contributed by atoms with Crippen LogP contribution in [0.2, 0.25) is 19.6 Å². The van der Waals surface area contributed by atoms with Gasteiger partial charge < -0.3 is 4.43 Å². The number of benzene rings is 1. The van der Waals surface area contributed by atoms with E-state index in [1.54, 1.807) is 11.8 Å². The highest BCUT2D eigenvalue weighted by atomic mass is 32.2. The van der Waals surface area contributed by atoms with Crippen LogP contribution in [0.1, 0.15) is 20.3 Å². The molecule has 1 aromatic rings. The van der Waals surface area contributed by atoms with Gasteiger partial charge in [-0.15, -0.1) is 0 Å². The Morgan fingerprint density at radius 1 is 1.22 bits per heavy atom. The minimum Gasteiger partial charge on any atom is -0.540 e. The molecule has 0 saturated heterocycles. The minimum atomic E-state index is -1.54. The van der Waals surface area contributed by atoms with E-state index in [2.05, 4.69) is 63.8 Å². The van der Waals surface area contributed by atoms with Gasteiger partial charge in [-0.05, 0) is 50.2 Å². The number of hydrogen-bond donors (Lipinski definition) is 0. The molecule has 0 aliphatic rings. The predicted molar refractivity (Wildman–Crippen MR) is 84.3 cm³/mol. The Hall–Kier alpha value is -0.673. The lowest BCUT2D eigenvalue weighted by Crippen LogP contribution is -2.24. The predicted octanol–water partition coefficient (Wildman–Crippen LogP) is 5.52. The van der Waals surface area contributed by atoms with Crippen molar-refractivity contribution in [3.05, 3.63) is 41.5 Å². The lowest BCUT2D eigenvalue weighted by molar-refractivity contribution is 0.458. The zero-order valence-electron chi connectivity index (χ0n) is 12.1. The Morgan fingerprint density at radius 3 is 2.33 bits per heavy atom. The number of hydrogen-bond acceptors (Lipinski definition) is 2. The van der Waals surface area contributed by atoms with Gasteiger partial charge in [0.05, 0.1) is 0 Å². The van der Waals surface area contributed by atoms with Crippen LogP contribution in [0.15, 0.2) is 46.4 Å². The highest BCUT2D eigenvalue weighted by Crippen LogP contribution is 2.30. The van der Waals surface area contributed by atoms with E-state index in [4.69, 9.17) is 4.43 Å². The molecule has 0 fully saturated rings. The first kappa shape index (κ1) is 15.4. The zero-order valence-corrected chi connectivity index (χ0v) is 13.9. The summed E-state index contributed by atoms with van der Waals surface area (Å²) < 4.78 is 6.16. The third kappa shape index (κ3) is 6.92. The summed E-state index contributed by atoms with van der Waals surface area (Å²) in [6.45, 7) is 11.1. The van der Waals surface area contributed by atoms with E-state index < -0.39 is 8.32 Å². The first-order valence-electron chi connectivity index (χ1n) is 6.49. The van der Waals surface area contributed by atoms with E-state index in [1.807, 2.05) is 6.07 Å². The maximum absolute atomic E-state index is 6.16. The summed E-state index contributed by atoms with van der Waals surface area (Å²) in [4.78, 5) is 1.24. The van der Waals surface area contributed by atoms with Crippen LogP contribution in [0, 0.1) is 5.92 Å². The summed E-state index contributed by atoms with van der Waals surface area (Å²) in [5.41, 5.74) is 0. The quantitative estimate of drug-likeness (QED) is 0.385. The average Bonchev–Trinajstić information content (AvgIpc) is 2.25. The van der Waals surface area contributed by atoms with E-state index >= 15 is 0 Å². The van der Waals surface area contributed by atoms with E-state index in [0.717, 1.165) is 11.5 Å². The van der Waals surface area contributed by atoms with Gasteiger partial charge in [-0.25, -0.2) is 0 Å². The highest BCUT2D eigenvalue weighted by Gasteiger charge is 2.18. The fourth-order valence-electron chi connectivity index (χ4n) is 1.34. The Labute approximate surface area is 117 Å². The molecule has 100 valence electrons. The Kier molecular flexibility index (Phi) is 6.02. The lowest BCUT2D eigenvalue weighted by atomic mass is 10.1. The largest absolute Gasteiger partial charge is 0.540 e. The molecule has 1 nitrogen and oxygen atoms in total. The molecule has 0 spiro atoms. The highest BCUT2D eigenvalue weighted by molar-refractivity contribution is 8.03. The van der Waals surface area contributed by atoms with Crippen molar-refractivity contribution in [1.82, 2.24) is 0 Å². The molecule has 0 N–H and O–H groups in total. The number of thioether (sulfide) groups is 1. The summed E-state index contributed by atoms with van der Waals surface area (Å²) in [6, 6.07) is 10.4. The van der Waals surface area contributed by atoms with Crippen LogP contribution >= 0.6 is 11.8 Å². The first-order chi connectivity index (χ1) is 8.37. The third-order valence-corrected chi connectivity index (χ3v) is 4.06. The molecular weight excluding hydrogens is 256 g/mol. The average molecular weight is 281 g/mol. The van der Waals surface area contributed by atoms with Gasteiger partial charge in [-0.2, -0.15) is 0 Å². The monoisotopic (exact) mass is 280 g/mol. The van der Waals surface area contributed by atoms with Gasteiger partial charge in [0.25, 0.3) is 0 Å². The van der Waals surface area contributed by atoms with Gasteiger partial charge in [0, 0.05) is 4.90 Å². The summed E-state index contributed by atoms with van der Waals surface area (Å²) >= 11 is 1.73. The molecule has 0 aliphatic heterocycles. The van der Waals surface area contributed by atoms with Crippen molar-refractivity contribution in [3.63, 3.8) is 0 Å². The van der Waals surface area contributed by atoms with Gasteiger partial charge in [-0.3, -0.25) is 0 Å². The fourth-order valence-corrected chi connectivity index (χ4v) is 3.65. The first-order valence-corrected chi connectivity index (χ1v) is 10.7. The normalized spacial score (nSPS) is 12.9. The maximum Gasteiger partial charge on any atom is 0.242 e. The molecule has 0 saturated carbocycles. The van der Waals surface area contributed by atoms with E-state index in [0.29, 0.717) is 5.92 Å². The third-order valence-electron chi connectivity index (χ3n) is 2.12. The van der Waals surface area contributed by atoms with Crippen molar-refractivity contribution in [2.75, 3.05) is 0 Å². The van der Waals surface area contributed by atoms with Crippen LogP contribution in [0.25, 0.3) is 0 Å². The molecule has 0 atom stereocenters. The van der Waals surface area contributed by atoms with Crippen LogP contribution in [0.4, 0.5) is 0 Å². The summed E-state index contributed by atoms with van der Waals surface area (Å²) in [7, 11) is -1.54. The van der Waals surface area contributed by atoms with Crippen molar-refractivity contribution >= 4 is 20.1 Å². The maximum atomic E-state index is 6.16. The Bertz CT molecular complexity index is 379. The van der Waals surface area contributed by atoms with Crippen molar-refractivity contribution in [1.29, 1.82) is 0 Å². The Morgan fingerprint density at radius 2 is 1.83 bits per heavy atom. The molecule has 18 heavy (non-hydrogen) atoms. The molecule has 0 aliphatic carbocycles. The van der Waals surface area contributed by atoms with Crippen molar-refractivity contribution in [2.24, 2.45) is 5.92 Å². The van der Waals surface area contributed by atoms with Gasteiger partial charge in [0.2, 0.25) is 8.32 Å². The minimum absolute atomic E-state index is 0.668. The summed E-state index contributed by atoms with van der Waals surface area (Å²) in [5.74, 6) is 0.668. The molecule has 0 radical (unpaired) electrons.